The molecule has 0 saturated heterocycles. The molecule has 0 unspecified atom stereocenters. The summed E-state index contributed by atoms with van der Waals surface area (Å²) < 4.78 is 0. The molecule has 0 aliphatic carbocycles. The van der Waals surface area contributed by atoms with Gasteiger partial charge in [-0.2, -0.15) is 0 Å². The van der Waals surface area contributed by atoms with E-state index in [1.54, 1.807) is 0 Å². The van der Waals surface area contributed by atoms with Gasteiger partial charge in [-0.05, 0) is 12.3 Å². The average Bonchev–Trinajstić information content (AvgIpc) is 2.49. The SMILES string of the molecule is CC[C@@]1(CN)CC(C(C)C)=NO1. The lowest BCUT2D eigenvalue weighted by molar-refractivity contribution is -0.0140. The summed E-state index contributed by atoms with van der Waals surface area (Å²) in [5, 5.41) is 4.07. The number of nitrogens with zero attached hydrogens (tertiary/aromatic N) is 1. The van der Waals surface area contributed by atoms with Crippen LogP contribution >= 0.6 is 0 Å². The summed E-state index contributed by atoms with van der Waals surface area (Å²) in [6, 6.07) is 0. The molecule has 70 valence electrons. The first-order valence-corrected chi connectivity index (χ1v) is 4.58. The van der Waals surface area contributed by atoms with Gasteiger partial charge < -0.3 is 10.6 Å². The molecule has 3 nitrogen and oxygen atoms in total. The first-order chi connectivity index (χ1) is 5.63. The van der Waals surface area contributed by atoms with E-state index in [9.17, 15) is 0 Å². The van der Waals surface area contributed by atoms with E-state index in [1.165, 1.54) is 0 Å². The second-order valence-corrected chi connectivity index (χ2v) is 3.75. The highest BCUT2D eigenvalue weighted by atomic mass is 16.7. The molecule has 0 aromatic carbocycles. The maximum atomic E-state index is 5.64. The predicted molar refractivity (Wildman–Crippen MR) is 50.1 cm³/mol. The molecule has 3 heteroatoms. The van der Waals surface area contributed by atoms with Gasteiger partial charge in [0.15, 0.2) is 5.60 Å². The lowest BCUT2D eigenvalue weighted by Crippen LogP contribution is -2.37. The van der Waals surface area contributed by atoms with Gasteiger partial charge in [0, 0.05) is 13.0 Å². The van der Waals surface area contributed by atoms with E-state index in [1.807, 2.05) is 0 Å². The van der Waals surface area contributed by atoms with Crippen molar-refractivity contribution in [1.29, 1.82) is 0 Å². The highest BCUT2D eigenvalue weighted by molar-refractivity contribution is 5.87. The third-order valence-corrected chi connectivity index (χ3v) is 2.54. The minimum atomic E-state index is -0.195. The molecule has 0 spiro atoms. The van der Waals surface area contributed by atoms with Crippen molar-refractivity contribution in [2.24, 2.45) is 16.8 Å². The van der Waals surface area contributed by atoms with E-state index in [0.717, 1.165) is 18.6 Å². The van der Waals surface area contributed by atoms with Crippen molar-refractivity contribution in [2.45, 2.75) is 39.2 Å². The van der Waals surface area contributed by atoms with Gasteiger partial charge in [-0.15, -0.1) is 0 Å². The smallest absolute Gasteiger partial charge is 0.154 e. The van der Waals surface area contributed by atoms with E-state index in [2.05, 4.69) is 25.9 Å². The molecule has 0 aromatic rings. The fourth-order valence-electron chi connectivity index (χ4n) is 1.30. The van der Waals surface area contributed by atoms with E-state index in [4.69, 9.17) is 10.6 Å². The van der Waals surface area contributed by atoms with Crippen molar-refractivity contribution in [3.05, 3.63) is 0 Å². The number of rotatable bonds is 3. The monoisotopic (exact) mass is 170 g/mol. The first kappa shape index (κ1) is 9.52. The van der Waals surface area contributed by atoms with Crippen LogP contribution in [0.1, 0.15) is 33.6 Å². The topological polar surface area (TPSA) is 47.6 Å². The number of hydrogen-bond acceptors (Lipinski definition) is 3. The van der Waals surface area contributed by atoms with Crippen molar-refractivity contribution in [2.75, 3.05) is 6.54 Å². The normalized spacial score (nSPS) is 28.9. The minimum absolute atomic E-state index is 0.195. The van der Waals surface area contributed by atoms with Crippen LogP contribution in [0.25, 0.3) is 0 Å². The number of nitrogens with two attached hydrogens (primary N) is 1. The molecule has 0 saturated carbocycles. The van der Waals surface area contributed by atoms with Gasteiger partial charge in [-0.3, -0.25) is 0 Å². The molecular weight excluding hydrogens is 152 g/mol. The average molecular weight is 170 g/mol. The van der Waals surface area contributed by atoms with Crippen LogP contribution < -0.4 is 5.73 Å². The van der Waals surface area contributed by atoms with Crippen LogP contribution in [0.4, 0.5) is 0 Å². The second kappa shape index (κ2) is 3.44. The summed E-state index contributed by atoms with van der Waals surface area (Å²) >= 11 is 0. The van der Waals surface area contributed by atoms with Crippen molar-refractivity contribution in [3.8, 4) is 0 Å². The molecular formula is C9H18N2O. The third-order valence-electron chi connectivity index (χ3n) is 2.54. The molecule has 1 aliphatic heterocycles. The molecule has 0 fully saturated rings. The Morgan fingerprint density at radius 2 is 2.33 bits per heavy atom. The van der Waals surface area contributed by atoms with E-state index in [0.29, 0.717) is 12.5 Å². The van der Waals surface area contributed by atoms with Gasteiger partial charge >= 0.3 is 0 Å². The van der Waals surface area contributed by atoms with Crippen LogP contribution in [0.15, 0.2) is 5.16 Å². The lowest BCUT2D eigenvalue weighted by atomic mass is 9.91. The van der Waals surface area contributed by atoms with Gasteiger partial charge in [0.2, 0.25) is 0 Å². The summed E-state index contributed by atoms with van der Waals surface area (Å²) in [5.41, 5.74) is 6.59. The largest absolute Gasteiger partial charge is 0.388 e. The zero-order chi connectivity index (χ0) is 9.19. The first-order valence-electron chi connectivity index (χ1n) is 4.58. The quantitative estimate of drug-likeness (QED) is 0.698. The predicted octanol–water partition coefficient (Wildman–Crippen LogP) is 1.53. The molecule has 1 aliphatic rings. The molecule has 0 amide bonds. The van der Waals surface area contributed by atoms with Gasteiger partial charge in [0.05, 0.1) is 5.71 Å². The Bertz CT molecular complexity index is 183. The zero-order valence-electron chi connectivity index (χ0n) is 8.13. The molecule has 1 heterocycles. The Kier molecular flexibility index (Phi) is 2.73. The molecule has 0 radical (unpaired) electrons. The summed E-state index contributed by atoms with van der Waals surface area (Å²) in [4.78, 5) is 5.38. The Morgan fingerprint density at radius 1 is 1.67 bits per heavy atom. The summed E-state index contributed by atoms with van der Waals surface area (Å²) in [7, 11) is 0. The van der Waals surface area contributed by atoms with Crippen LogP contribution in [0.3, 0.4) is 0 Å². The molecule has 1 rings (SSSR count). The van der Waals surface area contributed by atoms with E-state index < -0.39 is 0 Å². The highest BCUT2D eigenvalue weighted by Crippen LogP contribution is 2.28. The van der Waals surface area contributed by atoms with Crippen LogP contribution in [-0.2, 0) is 4.84 Å². The minimum Gasteiger partial charge on any atom is -0.388 e. The van der Waals surface area contributed by atoms with E-state index >= 15 is 0 Å². The van der Waals surface area contributed by atoms with Gasteiger partial charge in [0.1, 0.15) is 0 Å². The summed E-state index contributed by atoms with van der Waals surface area (Å²) in [6.45, 7) is 6.91. The number of hydrogen-bond donors (Lipinski definition) is 1. The molecule has 2 N–H and O–H groups in total. The third kappa shape index (κ3) is 1.61. The van der Waals surface area contributed by atoms with Crippen molar-refractivity contribution < 1.29 is 4.84 Å². The molecule has 1 atom stereocenters. The Balaban J connectivity index is 2.60. The fourth-order valence-corrected chi connectivity index (χ4v) is 1.30. The Morgan fingerprint density at radius 3 is 2.58 bits per heavy atom. The Labute approximate surface area is 74.0 Å². The maximum Gasteiger partial charge on any atom is 0.154 e. The Hall–Kier alpha value is -0.570. The zero-order valence-corrected chi connectivity index (χ0v) is 8.13. The van der Waals surface area contributed by atoms with Gasteiger partial charge in [0.25, 0.3) is 0 Å². The van der Waals surface area contributed by atoms with Crippen molar-refractivity contribution in [3.63, 3.8) is 0 Å². The van der Waals surface area contributed by atoms with Crippen molar-refractivity contribution in [1.82, 2.24) is 0 Å². The van der Waals surface area contributed by atoms with Crippen LogP contribution in [0, 0.1) is 5.92 Å². The van der Waals surface area contributed by atoms with Gasteiger partial charge in [-0.1, -0.05) is 25.9 Å². The molecule has 12 heavy (non-hydrogen) atoms. The van der Waals surface area contributed by atoms with Crippen LogP contribution in [0.5, 0.6) is 0 Å². The molecule has 0 aromatic heterocycles. The maximum absolute atomic E-state index is 5.64. The van der Waals surface area contributed by atoms with Crippen LogP contribution in [0.2, 0.25) is 0 Å². The fraction of sp³-hybridized carbons (Fsp3) is 0.889. The second-order valence-electron chi connectivity index (χ2n) is 3.75. The lowest BCUT2D eigenvalue weighted by Gasteiger charge is -2.22. The van der Waals surface area contributed by atoms with Crippen molar-refractivity contribution >= 4 is 5.71 Å². The summed E-state index contributed by atoms with van der Waals surface area (Å²) in [6.07, 6.45) is 1.83. The molecule has 0 bridgehead atoms. The number of oxime groups is 1. The highest BCUT2D eigenvalue weighted by Gasteiger charge is 2.36. The van der Waals surface area contributed by atoms with Crippen LogP contribution in [-0.4, -0.2) is 17.9 Å². The van der Waals surface area contributed by atoms with E-state index in [-0.39, 0.29) is 5.60 Å². The standard InChI is InChI=1S/C9H18N2O/c1-4-9(6-10)5-8(7(2)3)11-12-9/h7H,4-6,10H2,1-3H3/t9-/m0/s1. The van der Waals surface area contributed by atoms with Gasteiger partial charge in [-0.25, -0.2) is 0 Å². The summed E-state index contributed by atoms with van der Waals surface area (Å²) in [5.74, 6) is 0.477.